The summed E-state index contributed by atoms with van der Waals surface area (Å²) in [5.41, 5.74) is 1.44. The number of nitrogens with zero attached hydrogens (tertiary/aromatic N) is 4. The Labute approximate surface area is 93.0 Å². The third-order valence-electron chi connectivity index (χ3n) is 1.57. The third kappa shape index (κ3) is 1.44. The number of hydrogen-bond donors (Lipinski definition) is 1. The molecule has 0 atom stereocenters. The summed E-state index contributed by atoms with van der Waals surface area (Å²) in [6.07, 6.45) is 1.66. The van der Waals surface area contributed by atoms with Crippen LogP contribution < -0.4 is 5.32 Å². The molecular weight excluding hydrogens is 304 g/mol. The number of hydrogen-bond acceptors (Lipinski definition) is 4. The number of fused-ring (bicyclic) bond motifs is 1. The van der Waals surface area contributed by atoms with E-state index >= 15 is 0 Å². The van der Waals surface area contributed by atoms with Crippen LogP contribution in [0.3, 0.4) is 0 Å². The summed E-state index contributed by atoms with van der Waals surface area (Å²) in [7, 11) is 1.77. The summed E-state index contributed by atoms with van der Waals surface area (Å²) in [6.45, 7) is 0. The monoisotopic (exact) mass is 309 g/mol. The second kappa shape index (κ2) is 3.26. The van der Waals surface area contributed by atoms with Crippen molar-refractivity contribution >= 4 is 51.4 Å². The molecule has 0 saturated carbocycles. The van der Waals surface area contributed by atoms with Gasteiger partial charge in [0.2, 0.25) is 5.28 Å². The van der Waals surface area contributed by atoms with E-state index in [0.29, 0.717) is 11.5 Å². The van der Waals surface area contributed by atoms with E-state index in [2.05, 4.69) is 43.1 Å². The molecule has 2 heterocycles. The highest BCUT2D eigenvalue weighted by atomic mass is 127. The van der Waals surface area contributed by atoms with Gasteiger partial charge in [0.15, 0.2) is 17.0 Å². The van der Waals surface area contributed by atoms with Crippen LogP contribution in [-0.2, 0) is 0 Å². The molecule has 13 heavy (non-hydrogen) atoms. The first-order valence-corrected chi connectivity index (χ1v) is 4.81. The van der Waals surface area contributed by atoms with Crippen molar-refractivity contribution in [2.24, 2.45) is 0 Å². The maximum absolute atomic E-state index is 5.72. The van der Waals surface area contributed by atoms with Crippen molar-refractivity contribution in [2.75, 3.05) is 12.4 Å². The molecule has 0 aliphatic rings. The molecule has 0 amide bonds. The van der Waals surface area contributed by atoms with Crippen LogP contribution in [0.1, 0.15) is 0 Å². The Hall–Kier alpha value is -0.630. The highest BCUT2D eigenvalue weighted by Gasteiger charge is 2.09. The fraction of sp³-hybridized carbons (Fsp3) is 0.167. The molecule has 0 aliphatic carbocycles. The molecule has 0 radical (unpaired) electrons. The van der Waals surface area contributed by atoms with Crippen LogP contribution in [0.4, 0.5) is 5.82 Å². The Morgan fingerprint density at radius 2 is 2.31 bits per heavy atom. The highest BCUT2D eigenvalue weighted by Crippen LogP contribution is 2.21. The smallest absolute Gasteiger partial charge is 0.226 e. The lowest BCUT2D eigenvalue weighted by Gasteiger charge is -1.99. The molecule has 1 N–H and O–H groups in total. The van der Waals surface area contributed by atoms with E-state index in [9.17, 15) is 0 Å². The second-order valence-electron chi connectivity index (χ2n) is 2.32. The van der Waals surface area contributed by atoms with Gasteiger partial charge in [-0.25, -0.2) is 4.98 Å². The van der Waals surface area contributed by atoms with E-state index in [-0.39, 0.29) is 5.28 Å². The molecule has 0 spiro atoms. The van der Waals surface area contributed by atoms with Crippen molar-refractivity contribution in [2.45, 2.75) is 0 Å². The molecule has 0 unspecified atom stereocenters. The maximum atomic E-state index is 5.72. The van der Waals surface area contributed by atoms with Crippen LogP contribution in [-0.4, -0.2) is 24.8 Å². The first-order chi connectivity index (χ1) is 6.22. The molecule has 0 fully saturated rings. The van der Waals surface area contributed by atoms with E-state index in [1.807, 2.05) is 0 Å². The molecule has 0 aliphatic heterocycles. The summed E-state index contributed by atoms with van der Waals surface area (Å²) in [4.78, 5) is 12.2. The van der Waals surface area contributed by atoms with Gasteiger partial charge in [-0.05, 0) is 11.6 Å². The highest BCUT2D eigenvalue weighted by molar-refractivity contribution is 14.1. The zero-order valence-electron chi connectivity index (χ0n) is 6.62. The molecule has 2 rings (SSSR count). The van der Waals surface area contributed by atoms with Gasteiger partial charge in [0.1, 0.15) is 6.33 Å². The van der Waals surface area contributed by atoms with Crippen LogP contribution in [0.2, 0.25) is 5.28 Å². The summed E-state index contributed by atoms with van der Waals surface area (Å²) < 4.78 is 1.77. The molecule has 0 aromatic carbocycles. The van der Waals surface area contributed by atoms with E-state index in [4.69, 9.17) is 11.6 Å². The lowest BCUT2D eigenvalue weighted by atomic mass is 10.5. The second-order valence-corrected chi connectivity index (χ2v) is 3.70. The van der Waals surface area contributed by atoms with Crippen molar-refractivity contribution in [1.82, 2.24) is 17.7 Å². The van der Waals surface area contributed by atoms with Gasteiger partial charge in [0.05, 0.1) is 22.9 Å². The van der Waals surface area contributed by atoms with Gasteiger partial charge in [-0.1, -0.05) is 0 Å². The van der Waals surface area contributed by atoms with E-state index in [1.54, 1.807) is 16.2 Å². The Bertz CT molecular complexity index is 453. The van der Waals surface area contributed by atoms with Crippen LogP contribution in [0, 0.1) is 0 Å². The van der Waals surface area contributed by atoms with Gasteiger partial charge in [-0.3, -0.25) is 2.78 Å². The predicted molar refractivity (Wildman–Crippen MR) is 59.3 cm³/mol. The lowest BCUT2D eigenvalue weighted by molar-refractivity contribution is 1.18. The topological polar surface area (TPSA) is 55.6 Å². The molecule has 68 valence electrons. The first-order valence-electron chi connectivity index (χ1n) is 3.47. The average Bonchev–Trinajstić information content (AvgIpc) is 2.47. The molecule has 5 nitrogen and oxygen atoms in total. The standard InChI is InChI=1S/C6H5ClIN5/c1-9-4-3-5(12-6(7)11-4)13(8)2-10-3/h2H,1H3,(H,9,11,12). The minimum Gasteiger partial charge on any atom is -0.371 e. The van der Waals surface area contributed by atoms with Gasteiger partial charge in [-0.2, -0.15) is 9.97 Å². The summed E-state index contributed by atoms with van der Waals surface area (Å²) in [6, 6.07) is 0. The number of anilines is 1. The van der Waals surface area contributed by atoms with Gasteiger partial charge in [0, 0.05) is 7.05 Å². The quantitative estimate of drug-likeness (QED) is 0.644. The summed E-state index contributed by atoms with van der Waals surface area (Å²) in [5, 5.41) is 3.13. The summed E-state index contributed by atoms with van der Waals surface area (Å²) in [5.74, 6) is 0.644. The largest absolute Gasteiger partial charge is 0.371 e. The molecule has 2 aromatic heterocycles. The number of halogens is 2. The number of rotatable bonds is 1. The Balaban J connectivity index is 2.84. The zero-order chi connectivity index (χ0) is 9.42. The Kier molecular flexibility index (Phi) is 2.24. The molecule has 0 bridgehead atoms. The van der Waals surface area contributed by atoms with Gasteiger partial charge in [-0.15, -0.1) is 0 Å². The Morgan fingerprint density at radius 1 is 1.54 bits per heavy atom. The predicted octanol–water partition coefficient (Wildman–Crippen LogP) is 1.72. The van der Waals surface area contributed by atoms with Crippen LogP contribution in [0.25, 0.3) is 11.2 Å². The minimum absolute atomic E-state index is 0.218. The van der Waals surface area contributed by atoms with Crippen LogP contribution >= 0.6 is 34.5 Å². The number of aromatic nitrogens is 4. The Morgan fingerprint density at radius 3 is 3.00 bits per heavy atom. The fourth-order valence-electron chi connectivity index (χ4n) is 1.02. The van der Waals surface area contributed by atoms with Crippen molar-refractivity contribution in [3.05, 3.63) is 11.6 Å². The first kappa shape index (κ1) is 8.95. The van der Waals surface area contributed by atoms with Crippen molar-refractivity contribution in [1.29, 1.82) is 0 Å². The van der Waals surface area contributed by atoms with Gasteiger partial charge < -0.3 is 5.32 Å². The fourth-order valence-corrected chi connectivity index (χ4v) is 1.65. The minimum atomic E-state index is 0.218. The normalized spacial score (nSPS) is 10.7. The van der Waals surface area contributed by atoms with Gasteiger partial charge >= 0.3 is 0 Å². The maximum Gasteiger partial charge on any atom is 0.226 e. The van der Waals surface area contributed by atoms with Crippen LogP contribution in [0.15, 0.2) is 6.33 Å². The molecule has 2 aromatic rings. The van der Waals surface area contributed by atoms with Gasteiger partial charge in [0.25, 0.3) is 0 Å². The van der Waals surface area contributed by atoms with Crippen molar-refractivity contribution < 1.29 is 0 Å². The number of imidazole rings is 1. The van der Waals surface area contributed by atoms with Crippen molar-refractivity contribution in [3.8, 4) is 0 Å². The molecular formula is C6H5ClIN5. The van der Waals surface area contributed by atoms with Crippen molar-refractivity contribution in [3.63, 3.8) is 0 Å². The third-order valence-corrected chi connectivity index (χ3v) is 2.44. The van der Waals surface area contributed by atoms with E-state index < -0.39 is 0 Å². The van der Waals surface area contributed by atoms with Crippen LogP contribution in [0.5, 0.6) is 0 Å². The molecule has 7 heteroatoms. The lowest BCUT2D eigenvalue weighted by Crippen LogP contribution is -1.96. The SMILES string of the molecule is CNc1nc(Cl)nc2c1ncn2I. The van der Waals surface area contributed by atoms with E-state index in [0.717, 1.165) is 5.52 Å². The molecule has 0 saturated heterocycles. The van der Waals surface area contributed by atoms with E-state index in [1.165, 1.54) is 0 Å². The number of nitrogens with one attached hydrogen (secondary N) is 1. The summed E-state index contributed by atoms with van der Waals surface area (Å²) >= 11 is 7.81. The zero-order valence-corrected chi connectivity index (χ0v) is 9.54. The average molecular weight is 309 g/mol.